The van der Waals surface area contributed by atoms with Crippen molar-refractivity contribution >= 4 is 34.2 Å². The molecule has 9 heteroatoms. The van der Waals surface area contributed by atoms with E-state index in [9.17, 15) is 14.4 Å². The fraction of sp³-hybridized carbons (Fsp3) is 0.286. The highest BCUT2D eigenvalue weighted by atomic mass is 16.5. The Morgan fingerprint density at radius 3 is 2.67 bits per heavy atom. The molecule has 0 spiro atoms. The van der Waals surface area contributed by atoms with Gasteiger partial charge in [-0.1, -0.05) is 17.3 Å². The molecule has 2 aromatic carbocycles. The zero-order valence-corrected chi connectivity index (χ0v) is 16.5. The van der Waals surface area contributed by atoms with Gasteiger partial charge in [0.15, 0.2) is 0 Å². The first-order valence-electron chi connectivity index (χ1n) is 9.66. The number of carbonyl (C=O) groups is 2. The first kappa shape index (κ1) is 19.6. The number of amides is 1. The number of nitrogens with zero attached hydrogens (tertiary/aromatic N) is 4. The summed E-state index contributed by atoms with van der Waals surface area (Å²) in [5, 5.41) is 11.1. The van der Waals surface area contributed by atoms with Gasteiger partial charge < -0.3 is 15.0 Å². The van der Waals surface area contributed by atoms with Gasteiger partial charge in [0, 0.05) is 13.1 Å². The van der Waals surface area contributed by atoms with E-state index in [0.717, 1.165) is 36.3 Å². The van der Waals surface area contributed by atoms with Gasteiger partial charge >= 0.3 is 5.97 Å². The molecule has 1 amide bonds. The van der Waals surface area contributed by atoms with Gasteiger partial charge in [-0.2, -0.15) is 0 Å². The zero-order chi connectivity index (χ0) is 21.1. The van der Waals surface area contributed by atoms with Crippen LogP contribution in [0.1, 0.15) is 23.2 Å². The number of esters is 1. The second-order valence-electron chi connectivity index (χ2n) is 7.04. The molecule has 0 radical (unpaired) electrons. The summed E-state index contributed by atoms with van der Waals surface area (Å²) >= 11 is 0. The molecular formula is C21H21N5O4. The Morgan fingerprint density at radius 2 is 1.90 bits per heavy atom. The van der Waals surface area contributed by atoms with Crippen molar-refractivity contribution in [2.45, 2.75) is 19.4 Å². The summed E-state index contributed by atoms with van der Waals surface area (Å²) in [6.07, 6.45) is 2.13. The Balaban J connectivity index is 1.61. The predicted octanol–water partition coefficient (Wildman–Crippen LogP) is 1.82. The van der Waals surface area contributed by atoms with E-state index in [1.165, 1.54) is 7.11 Å². The lowest BCUT2D eigenvalue weighted by molar-refractivity contribution is -0.117. The molecule has 0 bridgehead atoms. The fourth-order valence-electron chi connectivity index (χ4n) is 3.57. The molecule has 3 aromatic rings. The third-order valence-electron chi connectivity index (χ3n) is 5.06. The number of ether oxygens (including phenoxy) is 1. The van der Waals surface area contributed by atoms with Crippen molar-refractivity contribution in [3.05, 3.63) is 58.4 Å². The van der Waals surface area contributed by atoms with E-state index in [0.29, 0.717) is 22.2 Å². The van der Waals surface area contributed by atoms with Gasteiger partial charge in [-0.25, -0.2) is 9.48 Å². The molecule has 9 nitrogen and oxygen atoms in total. The number of carbonyl (C=O) groups excluding carboxylic acids is 2. The Labute approximate surface area is 172 Å². The smallest absolute Gasteiger partial charge is 0.337 e. The van der Waals surface area contributed by atoms with Gasteiger partial charge in [-0.15, -0.1) is 5.10 Å². The highest BCUT2D eigenvalue weighted by Gasteiger charge is 2.20. The van der Waals surface area contributed by atoms with Gasteiger partial charge in [0.2, 0.25) is 5.91 Å². The number of hydrogen-bond acceptors (Lipinski definition) is 7. The number of hydrogen-bond donors (Lipinski definition) is 1. The molecule has 1 aliphatic heterocycles. The molecule has 0 saturated carbocycles. The van der Waals surface area contributed by atoms with Crippen molar-refractivity contribution in [3.8, 4) is 0 Å². The minimum Gasteiger partial charge on any atom is -0.465 e. The summed E-state index contributed by atoms with van der Waals surface area (Å²) in [5.74, 6) is -0.931. The molecule has 2 heterocycles. The Bertz CT molecular complexity index is 1170. The molecule has 1 aromatic heterocycles. The number of fused-ring (bicyclic) bond motifs is 1. The van der Waals surface area contributed by atoms with Crippen molar-refractivity contribution in [2.75, 3.05) is 30.4 Å². The molecule has 4 rings (SSSR count). The van der Waals surface area contributed by atoms with Crippen LogP contribution in [0.25, 0.3) is 10.9 Å². The zero-order valence-electron chi connectivity index (χ0n) is 16.5. The monoisotopic (exact) mass is 407 g/mol. The fourth-order valence-corrected chi connectivity index (χ4v) is 3.57. The van der Waals surface area contributed by atoms with Crippen LogP contribution in [0.4, 0.5) is 11.4 Å². The van der Waals surface area contributed by atoms with Gasteiger partial charge in [-0.3, -0.25) is 9.59 Å². The minimum atomic E-state index is -0.491. The van der Waals surface area contributed by atoms with Crippen LogP contribution in [0.3, 0.4) is 0 Å². The molecule has 0 unspecified atom stereocenters. The summed E-state index contributed by atoms with van der Waals surface area (Å²) in [4.78, 5) is 39.4. The van der Waals surface area contributed by atoms with Crippen LogP contribution >= 0.6 is 0 Å². The lowest BCUT2D eigenvalue weighted by atomic mass is 10.1. The number of nitrogens with one attached hydrogen (secondary N) is 1. The number of methoxy groups -OCH3 is 1. The molecule has 0 aliphatic carbocycles. The SMILES string of the molecule is COC(=O)c1ccc(N2CCCC2)c(NC(=O)Cn2nnc3ccccc3c2=O)c1. The summed E-state index contributed by atoms with van der Waals surface area (Å²) < 4.78 is 5.81. The summed E-state index contributed by atoms with van der Waals surface area (Å²) in [5.41, 5.74) is 1.73. The molecule has 0 atom stereocenters. The second kappa shape index (κ2) is 8.32. The van der Waals surface area contributed by atoms with E-state index in [-0.39, 0.29) is 12.1 Å². The number of rotatable bonds is 5. The van der Waals surface area contributed by atoms with E-state index < -0.39 is 11.9 Å². The van der Waals surface area contributed by atoms with Gasteiger partial charge in [0.1, 0.15) is 12.1 Å². The molecule has 1 saturated heterocycles. The first-order chi connectivity index (χ1) is 14.6. The average Bonchev–Trinajstić information content (AvgIpc) is 3.30. The van der Waals surface area contributed by atoms with E-state index in [1.807, 2.05) is 0 Å². The van der Waals surface area contributed by atoms with Crippen LogP contribution in [0.2, 0.25) is 0 Å². The Kier molecular flexibility index (Phi) is 5.42. The summed E-state index contributed by atoms with van der Waals surface area (Å²) in [6, 6.07) is 11.9. The molecule has 154 valence electrons. The summed E-state index contributed by atoms with van der Waals surface area (Å²) in [6.45, 7) is 1.45. The third kappa shape index (κ3) is 3.86. The third-order valence-corrected chi connectivity index (χ3v) is 5.06. The predicted molar refractivity (Wildman–Crippen MR) is 112 cm³/mol. The topological polar surface area (TPSA) is 106 Å². The van der Waals surface area contributed by atoms with Crippen molar-refractivity contribution < 1.29 is 14.3 Å². The van der Waals surface area contributed by atoms with Crippen molar-refractivity contribution in [3.63, 3.8) is 0 Å². The van der Waals surface area contributed by atoms with E-state index >= 15 is 0 Å². The number of benzene rings is 2. The molecule has 1 N–H and O–H groups in total. The molecule has 30 heavy (non-hydrogen) atoms. The number of aromatic nitrogens is 3. The van der Waals surface area contributed by atoms with Crippen LogP contribution in [0, 0.1) is 0 Å². The number of anilines is 2. The largest absolute Gasteiger partial charge is 0.465 e. The summed E-state index contributed by atoms with van der Waals surface area (Å²) in [7, 11) is 1.31. The van der Waals surface area contributed by atoms with Gasteiger partial charge in [-0.05, 0) is 43.2 Å². The van der Waals surface area contributed by atoms with E-state index in [2.05, 4.69) is 20.5 Å². The van der Waals surface area contributed by atoms with Crippen molar-refractivity contribution in [1.82, 2.24) is 15.0 Å². The maximum Gasteiger partial charge on any atom is 0.337 e. The maximum absolute atomic E-state index is 12.7. The molecule has 1 aliphatic rings. The normalized spacial score (nSPS) is 13.4. The standard InChI is InChI=1S/C21H21N5O4/c1-30-21(29)14-8-9-18(25-10-4-5-11-25)17(12-14)22-19(27)13-26-20(28)15-6-2-3-7-16(15)23-24-26/h2-3,6-9,12H,4-5,10-11,13H2,1H3,(H,22,27). The highest BCUT2D eigenvalue weighted by molar-refractivity contribution is 5.98. The highest BCUT2D eigenvalue weighted by Crippen LogP contribution is 2.30. The van der Waals surface area contributed by atoms with E-state index in [1.54, 1.807) is 42.5 Å². The lowest BCUT2D eigenvalue weighted by Crippen LogP contribution is -2.31. The average molecular weight is 407 g/mol. The van der Waals surface area contributed by atoms with Crippen LogP contribution < -0.4 is 15.8 Å². The maximum atomic E-state index is 12.7. The Morgan fingerprint density at radius 1 is 1.13 bits per heavy atom. The molecular weight excluding hydrogens is 386 g/mol. The lowest BCUT2D eigenvalue weighted by Gasteiger charge is -2.22. The van der Waals surface area contributed by atoms with Crippen molar-refractivity contribution in [1.29, 1.82) is 0 Å². The van der Waals surface area contributed by atoms with Crippen LogP contribution in [0.15, 0.2) is 47.3 Å². The van der Waals surface area contributed by atoms with Gasteiger partial charge in [0.05, 0.1) is 29.4 Å². The van der Waals surface area contributed by atoms with Crippen molar-refractivity contribution in [2.24, 2.45) is 0 Å². The van der Waals surface area contributed by atoms with Crippen LogP contribution in [-0.4, -0.2) is 47.1 Å². The quantitative estimate of drug-likeness (QED) is 0.643. The Hall–Kier alpha value is -3.75. The first-order valence-corrected chi connectivity index (χ1v) is 9.66. The van der Waals surface area contributed by atoms with Gasteiger partial charge in [0.25, 0.3) is 5.56 Å². The molecule has 1 fully saturated rings. The minimum absolute atomic E-state index is 0.293. The van der Waals surface area contributed by atoms with Crippen LogP contribution in [0.5, 0.6) is 0 Å². The second-order valence-corrected chi connectivity index (χ2v) is 7.04. The van der Waals surface area contributed by atoms with E-state index in [4.69, 9.17) is 4.74 Å². The van der Waals surface area contributed by atoms with Crippen LogP contribution in [-0.2, 0) is 16.1 Å².